The van der Waals surface area contributed by atoms with Crippen LogP contribution in [0.25, 0.3) is 0 Å². The first-order valence-electron chi connectivity index (χ1n) is 7.68. The molecular formula is C14H27N3O. The predicted molar refractivity (Wildman–Crippen MR) is 72.7 cm³/mol. The SMILES string of the molecule is OCC(CCN1CCN2CCCC2C1)NC1CC1. The number of fused-ring (bicyclic) bond motifs is 1. The molecule has 0 aromatic carbocycles. The van der Waals surface area contributed by atoms with Crippen LogP contribution in [0.5, 0.6) is 0 Å². The van der Waals surface area contributed by atoms with E-state index in [-0.39, 0.29) is 0 Å². The molecule has 3 rings (SSSR count). The Kier molecular flexibility index (Phi) is 4.19. The maximum absolute atomic E-state index is 9.39. The van der Waals surface area contributed by atoms with Crippen LogP contribution in [0, 0.1) is 0 Å². The summed E-state index contributed by atoms with van der Waals surface area (Å²) in [7, 11) is 0. The normalized spacial score (nSPS) is 31.5. The predicted octanol–water partition coefficient (Wildman–Crippen LogP) is 0.269. The van der Waals surface area contributed by atoms with Crippen LogP contribution in [0.3, 0.4) is 0 Å². The molecule has 0 radical (unpaired) electrons. The van der Waals surface area contributed by atoms with Crippen LogP contribution in [-0.4, -0.2) is 72.4 Å². The molecule has 2 saturated heterocycles. The lowest BCUT2D eigenvalue weighted by Gasteiger charge is -2.38. The molecule has 1 saturated carbocycles. The molecule has 2 aliphatic heterocycles. The third-order valence-corrected chi connectivity index (χ3v) is 4.73. The Labute approximate surface area is 110 Å². The first kappa shape index (κ1) is 12.9. The van der Waals surface area contributed by atoms with Crippen LogP contribution >= 0.6 is 0 Å². The first-order valence-corrected chi connectivity index (χ1v) is 7.68. The van der Waals surface area contributed by atoms with E-state index in [9.17, 15) is 5.11 Å². The average Bonchev–Trinajstić information content (AvgIpc) is 3.09. The monoisotopic (exact) mass is 253 g/mol. The second-order valence-corrected chi connectivity index (χ2v) is 6.24. The Morgan fingerprint density at radius 2 is 2.06 bits per heavy atom. The minimum atomic E-state index is 0.292. The zero-order valence-corrected chi connectivity index (χ0v) is 11.4. The minimum Gasteiger partial charge on any atom is -0.395 e. The van der Waals surface area contributed by atoms with Gasteiger partial charge in [-0.05, 0) is 45.2 Å². The summed E-state index contributed by atoms with van der Waals surface area (Å²) in [5.74, 6) is 0. The number of aliphatic hydroxyl groups excluding tert-OH is 1. The van der Waals surface area contributed by atoms with E-state index in [0.29, 0.717) is 18.7 Å². The van der Waals surface area contributed by atoms with Gasteiger partial charge >= 0.3 is 0 Å². The van der Waals surface area contributed by atoms with E-state index in [0.717, 1.165) is 19.0 Å². The standard InChI is InChI=1S/C14H27N3O/c18-11-13(15-12-3-4-12)5-7-16-8-9-17-6-1-2-14(17)10-16/h12-15,18H,1-11H2. The van der Waals surface area contributed by atoms with E-state index in [1.165, 1.54) is 51.9 Å². The number of hydrogen-bond acceptors (Lipinski definition) is 4. The highest BCUT2D eigenvalue weighted by Crippen LogP contribution is 2.22. The topological polar surface area (TPSA) is 38.7 Å². The van der Waals surface area contributed by atoms with Gasteiger partial charge in [0.25, 0.3) is 0 Å². The molecule has 2 atom stereocenters. The Hall–Kier alpha value is -0.160. The quantitative estimate of drug-likeness (QED) is 0.713. The van der Waals surface area contributed by atoms with Crippen LogP contribution in [0.15, 0.2) is 0 Å². The van der Waals surface area contributed by atoms with Crippen LogP contribution in [0.4, 0.5) is 0 Å². The van der Waals surface area contributed by atoms with Crippen LogP contribution in [0.1, 0.15) is 32.1 Å². The first-order chi connectivity index (χ1) is 8.85. The zero-order valence-electron chi connectivity index (χ0n) is 11.4. The summed E-state index contributed by atoms with van der Waals surface area (Å²) < 4.78 is 0. The second-order valence-electron chi connectivity index (χ2n) is 6.24. The Balaban J connectivity index is 1.39. The number of hydrogen-bond donors (Lipinski definition) is 2. The lowest BCUT2D eigenvalue weighted by Crippen LogP contribution is -2.51. The molecule has 0 aromatic heterocycles. The van der Waals surface area contributed by atoms with Crippen LogP contribution < -0.4 is 5.32 Å². The lowest BCUT2D eigenvalue weighted by molar-refractivity contribution is 0.0978. The molecule has 4 nitrogen and oxygen atoms in total. The molecule has 0 aromatic rings. The van der Waals surface area contributed by atoms with E-state index >= 15 is 0 Å². The van der Waals surface area contributed by atoms with Crippen molar-refractivity contribution in [2.24, 2.45) is 0 Å². The molecule has 0 bridgehead atoms. The average molecular weight is 253 g/mol. The van der Waals surface area contributed by atoms with Crippen molar-refractivity contribution in [3.63, 3.8) is 0 Å². The number of nitrogens with one attached hydrogen (secondary N) is 1. The summed E-state index contributed by atoms with van der Waals surface area (Å²) in [6, 6.07) is 1.84. The van der Waals surface area contributed by atoms with Crippen molar-refractivity contribution in [3.8, 4) is 0 Å². The van der Waals surface area contributed by atoms with Gasteiger partial charge in [-0.15, -0.1) is 0 Å². The smallest absolute Gasteiger partial charge is 0.0585 e. The van der Waals surface area contributed by atoms with E-state index in [1.807, 2.05) is 0 Å². The van der Waals surface area contributed by atoms with Crippen LogP contribution in [-0.2, 0) is 0 Å². The van der Waals surface area contributed by atoms with Gasteiger partial charge in [0.2, 0.25) is 0 Å². The zero-order chi connectivity index (χ0) is 12.4. The summed E-state index contributed by atoms with van der Waals surface area (Å²) in [6.45, 7) is 6.49. The molecule has 3 fully saturated rings. The Bertz CT molecular complexity index is 270. The molecule has 18 heavy (non-hydrogen) atoms. The molecule has 104 valence electrons. The number of nitrogens with zero attached hydrogens (tertiary/aromatic N) is 2. The number of aliphatic hydroxyl groups is 1. The molecule has 2 N–H and O–H groups in total. The van der Waals surface area contributed by atoms with Crippen molar-refractivity contribution in [1.82, 2.24) is 15.1 Å². The highest BCUT2D eigenvalue weighted by molar-refractivity contribution is 4.88. The fourth-order valence-electron chi connectivity index (χ4n) is 3.41. The maximum atomic E-state index is 9.39. The summed E-state index contributed by atoms with van der Waals surface area (Å²) >= 11 is 0. The molecule has 3 aliphatic rings. The number of rotatable bonds is 6. The molecule has 4 heteroatoms. The highest BCUT2D eigenvalue weighted by atomic mass is 16.3. The van der Waals surface area contributed by atoms with E-state index in [4.69, 9.17) is 0 Å². The van der Waals surface area contributed by atoms with Gasteiger partial charge in [-0.1, -0.05) is 0 Å². The highest BCUT2D eigenvalue weighted by Gasteiger charge is 2.30. The molecule has 0 amide bonds. The van der Waals surface area contributed by atoms with Gasteiger partial charge in [-0.25, -0.2) is 0 Å². The van der Waals surface area contributed by atoms with Crippen molar-refractivity contribution in [2.75, 3.05) is 39.3 Å². The second kappa shape index (κ2) is 5.87. The van der Waals surface area contributed by atoms with Crippen molar-refractivity contribution in [3.05, 3.63) is 0 Å². The molecule has 2 unspecified atom stereocenters. The summed E-state index contributed by atoms with van der Waals surface area (Å²) in [4.78, 5) is 5.26. The van der Waals surface area contributed by atoms with Gasteiger partial charge in [-0.3, -0.25) is 4.90 Å². The minimum absolute atomic E-state index is 0.292. The van der Waals surface area contributed by atoms with Gasteiger partial charge in [0, 0.05) is 37.8 Å². The van der Waals surface area contributed by atoms with Gasteiger partial charge in [0.1, 0.15) is 0 Å². The van der Waals surface area contributed by atoms with Crippen LogP contribution in [0.2, 0.25) is 0 Å². The third kappa shape index (κ3) is 3.23. The Morgan fingerprint density at radius 1 is 1.17 bits per heavy atom. The molecule has 0 spiro atoms. The van der Waals surface area contributed by atoms with Crippen molar-refractivity contribution in [1.29, 1.82) is 0 Å². The summed E-state index contributed by atoms with van der Waals surface area (Å²) in [6.07, 6.45) is 6.48. The van der Waals surface area contributed by atoms with E-state index in [2.05, 4.69) is 15.1 Å². The summed E-state index contributed by atoms with van der Waals surface area (Å²) in [5.41, 5.74) is 0. The van der Waals surface area contributed by atoms with Gasteiger partial charge in [0.15, 0.2) is 0 Å². The van der Waals surface area contributed by atoms with Crippen molar-refractivity contribution < 1.29 is 5.11 Å². The van der Waals surface area contributed by atoms with Gasteiger partial charge in [-0.2, -0.15) is 0 Å². The fourth-order valence-corrected chi connectivity index (χ4v) is 3.41. The molecular weight excluding hydrogens is 226 g/mol. The Morgan fingerprint density at radius 3 is 2.83 bits per heavy atom. The number of piperazine rings is 1. The van der Waals surface area contributed by atoms with Crippen molar-refractivity contribution >= 4 is 0 Å². The summed E-state index contributed by atoms with van der Waals surface area (Å²) in [5, 5.41) is 12.9. The largest absolute Gasteiger partial charge is 0.395 e. The van der Waals surface area contributed by atoms with Crippen molar-refractivity contribution in [2.45, 2.75) is 50.2 Å². The van der Waals surface area contributed by atoms with E-state index in [1.54, 1.807) is 0 Å². The fraction of sp³-hybridized carbons (Fsp3) is 1.00. The third-order valence-electron chi connectivity index (χ3n) is 4.73. The molecule has 1 aliphatic carbocycles. The van der Waals surface area contributed by atoms with Gasteiger partial charge in [0.05, 0.1) is 6.61 Å². The maximum Gasteiger partial charge on any atom is 0.0585 e. The molecule has 2 heterocycles. The van der Waals surface area contributed by atoms with E-state index < -0.39 is 0 Å². The van der Waals surface area contributed by atoms with Gasteiger partial charge < -0.3 is 15.3 Å². The lowest BCUT2D eigenvalue weighted by atomic mass is 10.1.